The Balaban J connectivity index is 4.77. The van der Waals surface area contributed by atoms with Crippen molar-refractivity contribution in [1.29, 1.82) is 0 Å². The summed E-state index contributed by atoms with van der Waals surface area (Å²) < 4.78 is 5.04. The van der Waals surface area contributed by atoms with Crippen LogP contribution >= 0.6 is 0 Å². The zero-order valence-corrected chi connectivity index (χ0v) is 12.4. The Morgan fingerprint density at radius 1 is 1.11 bits per heavy atom. The van der Waals surface area contributed by atoms with Gasteiger partial charge in [0.2, 0.25) is 0 Å². The van der Waals surface area contributed by atoms with Gasteiger partial charge in [0.05, 0.1) is 14.7 Å². The predicted octanol–water partition coefficient (Wildman–Crippen LogP) is 4.04. The van der Waals surface area contributed by atoms with E-state index in [2.05, 4.69) is 19.7 Å². The molecule has 0 aliphatic rings. The van der Waals surface area contributed by atoms with Crippen molar-refractivity contribution >= 4 is 14.0 Å². The van der Waals surface area contributed by atoms with Gasteiger partial charge in [-0.3, -0.25) is 0 Å². The van der Waals surface area contributed by atoms with E-state index in [1.54, 1.807) is 6.08 Å². The Morgan fingerprint density at radius 2 is 1.61 bits per heavy atom. The molecule has 0 fully saturated rings. The first-order valence-corrected chi connectivity index (χ1v) is 9.02. The van der Waals surface area contributed by atoms with Gasteiger partial charge in [-0.25, -0.2) is 4.79 Å². The normalized spacial score (nSPS) is 11.2. The number of hydrogen-bond donors (Lipinski definition) is 0. The molecule has 0 aliphatic carbocycles. The van der Waals surface area contributed by atoms with Gasteiger partial charge in [0, 0.05) is 6.08 Å². The number of esters is 1. The second-order valence-electron chi connectivity index (χ2n) is 4.34. The molecule has 3 heteroatoms. The van der Waals surface area contributed by atoms with Gasteiger partial charge in [0.15, 0.2) is 0 Å². The standard InChI is InChI=1S/C15H24O2Si/c1-5-10-17-15(16)9-14-18(11-6-2,12-7-3)13-8-4/h6-9,14H,2-5,10-13H2,1H3. The molecular formula is C15H24O2Si. The Hall–Kier alpha value is -1.35. The molecule has 0 amide bonds. The van der Waals surface area contributed by atoms with Gasteiger partial charge in [0.25, 0.3) is 0 Å². The number of hydrogen-bond acceptors (Lipinski definition) is 2. The maximum Gasteiger partial charge on any atom is 0.330 e. The second-order valence-corrected chi connectivity index (χ2v) is 8.62. The van der Waals surface area contributed by atoms with E-state index in [-0.39, 0.29) is 5.97 Å². The van der Waals surface area contributed by atoms with Crippen molar-refractivity contribution < 1.29 is 9.53 Å². The van der Waals surface area contributed by atoms with Crippen molar-refractivity contribution in [1.82, 2.24) is 0 Å². The van der Waals surface area contributed by atoms with Crippen LogP contribution in [0.1, 0.15) is 13.3 Å². The molecule has 0 bridgehead atoms. The van der Waals surface area contributed by atoms with E-state index in [1.807, 2.05) is 30.9 Å². The van der Waals surface area contributed by atoms with Crippen LogP contribution in [0.25, 0.3) is 0 Å². The van der Waals surface area contributed by atoms with E-state index < -0.39 is 8.07 Å². The van der Waals surface area contributed by atoms with Gasteiger partial charge < -0.3 is 4.74 Å². The monoisotopic (exact) mass is 264 g/mol. The zero-order chi connectivity index (χ0) is 13.9. The SMILES string of the molecule is C=CC[Si](C=CC(=O)OCCC)(CC=C)CC=C. The van der Waals surface area contributed by atoms with Crippen LogP contribution < -0.4 is 0 Å². The molecule has 2 nitrogen and oxygen atoms in total. The molecule has 0 aromatic rings. The number of rotatable bonds is 10. The highest BCUT2D eigenvalue weighted by atomic mass is 28.3. The maximum atomic E-state index is 11.5. The summed E-state index contributed by atoms with van der Waals surface area (Å²) in [6, 6.07) is 2.76. The number of carbonyl (C=O) groups is 1. The molecule has 0 unspecified atom stereocenters. The Bertz CT molecular complexity index is 292. The van der Waals surface area contributed by atoms with Crippen LogP contribution in [0.3, 0.4) is 0 Å². The summed E-state index contributed by atoms with van der Waals surface area (Å²) in [5.74, 6) is -0.258. The summed E-state index contributed by atoms with van der Waals surface area (Å²) in [7, 11) is -1.73. The summed E-state index contributed by atoms with van der Waals surface area (Å²) >= 11 is 0. The van der Waals surface area contributed by atoms with Crippen molar-refractivity contribution in [3.05, 3.63) is 49.7 Å². The molecule has 100 valence electrons. The minimum absolute atomic E-state index is 0.258. The van der Waals surface area contributed by atoms with E-state index in [9.17, 15) is 4.79 Å². The summed E-state index contributed by atoms with van der Waals surface area (Å²) in [4.78, 5) is 11.5. The molecule has 0 aliphatic heterocycles. The zero-order valence-electron chi connectivity index (χ0n) is 11.4. The Morgan fingerprint density at radius 3 is 2.00 bits per heavy atom. The van der Waals surface area contributed by atoms with Crippen LogP contribution in [0.5, 0.6) is 0 Å². The summed E-state index contributed by atoms with van der Waals surface area (Å²) in [5, 5.41) is 0. The average molecular weight is 264 g/mol. The number of allylic oxidation sites excluding steroid dienone is 3. The fourth-order valence-electron chi connectivity index (χ4n) is 1.81. The van der Waals surface area contributed by atoms with E-state index in [1.165, 1.54) is 0 Å². The van der Waals surface area contributed by atoms with Gasteiger partial charge in [-0.2, -0.15) is 0 Å². The van der Waals surface area contributed by atoms with E-state index in [0.29, 0.717) is 6.61 Å². The summed E-state index contributed by atoms with van der Waals surface area (Å²) in [6.07, 6.45) is 8.16. The van der Waals surface area contributed by atoms with Crippen molar-refractivity contribution in [2.45, 2.75) is 31.5 Å². The van der Waals surface area contributed by atoms with Crippen LogP contribution in [0.15, 0.2) is 49.7 Å². The van der Waals surface area contributed by atoms with Crippen LogP contribution in [0, 0.1) is 0 Å². The summed E-state index contributed by atoms with van der Waals surface area (Å²) in [5.41, 5.74) is 2.04. The third-order valence-corrected chi connectivity index (χ3v) is 6.85. The van der Waals surface area contributed by atoms with Crippen molar-refractivity contribution in [2.24, 2.45) is 0 Å². The summed E-state index contributed by atoms with van der Waals surface area (Å²) in [6.45, 7) is 13.9. The third kappa shape index (κ3) is 6.40. The average Bonchev–Trinajstić information content (AvgIpc) is 2.35. The minimum Gasteiger partial charge on any atom is -0.463 e. The largest absolute Gasteiger partial charge is 0.463 e. The first-order valence-electron chi connectivity index (χ1n) is 6.32. The van der Waals surface area contributed by atoms with Gasteiger partial charge in [-0.05, 0) is 24.6 Å². The lowest BCUT2D eigenvalue weighted by Gasteiger charge is -2.24. The topological polar surface area (TPSA) is 26.3 Å². The molecule has 0 saturated carbocycles. The van der Waals surface area contributed by atoms with E-state index in [0.717, 1.165) is 24.6 Å². The molecule has 0 aromatic heterocycles. The fraction of sp³-hybridized carbons (Fsp3) is 0.400. The molecule has 0 atom stereocenters. The van der Waals surface area contributed by atoms with Crippen molar-refractivity contribution in [3.63, 3.8) is 0 Å². The smallest absolute Gasteiger partial charge is 0.330 e. The van der Waals surface area contributed by atoms with Gasteiger partial charge >= 0.3 is 5.97 Å². The molecule has 0 aromatic carbocycles. The molecule has 0 N–H and O–H groups in total. The highest BCUT2D eigenvalue weighted by Gasteiger charge is 2.25. The van der Waals surface area contributed by atoms with E-state index >= 15 is 0 Å². The van der Waals surface area contributed by atoms with Crippen molar-refractivity contribution in [2.75, 3.05) is 6.61 Å². The van der Waals surface area contributed by atoms with Crippen LogP contribution in [0.4, 0.5) is 0 Å². The Labute approximate surface area is 112 Å². The van der Waals surface area contributed by atoms with Crippen molar-refractivity contribution in [3.8, 4) is 0 Å². The Kier molecular flexibility index (Phi) is 8.93. The van der Waals surface area contributed by atoms with Gasteiger partial charge in [-0.1, -0.05) is 30.9 Å². The maximum absolute atomic E-state index is 11.5. The lowest BCUT2D eigenvalue weighted by molar-refractivity contribution is -0.137. The highest BCUT2D eigenvalue weighted by molar-refractivity contribution is 6.85. The lowest BCUT2D eigenvalue weighted by Crippen LogP contribution is -2.30. The third-order valence-electron chi connectivity index (χ3n) is 2.67. The highest BCUT2D eigenvalue weighted by Crippen LogP contribution is 2.24. The minimum atomic E-state index is -1.73. The first-order chi connectivity index (χ1) is 8.64. The molecule has 0 radical (unpaired) electrons. The molecule has 0 saturated heterocycles. The lowest BCUT2D eigenvalue weighted by atomic mass is 10.5. The van der Waals surface area contributed by atoms with Gasteiger partial charge in [-0.15, -0.1) is 19.7 Å². The first kappa shape index (κ1) is 16.6. The quantitative estimate of drug-likeness (QED) is 0.258. The van der Waals surface area contributed by atoms with Crippen LogP contribution in [-0.2, 0) is 9.53 Å². The second kappa shape index (κ2) is 9.65. The number of ether oxygens (including phenoxy) is 1. The molecule has 0 rings (SSSR count). The molecule has 18 heavy (non-hydrogen) atoms. The van der Waals surface area contributed by atoms with E-state index in [4.69, 9.17) is 4.74 Å². The van der Waals surface area contributed by atoms with Crippen LogP contribution in [-0.4, -0.2) is 20.7 Å². The number of carbonyl (C=O) groups excluding carboxylic acids is 1. The molecule has 0 spiro atoms. The van der Waals surface area contributed by atoms with Gasteiger partial charge in [0.1, 0.15) is 0 Å². The molecule has 0 heterocycles. The van der Waals surface area contributed by atoms with Crippen LogP contribution in [0.2, 0.25) is 18.1 Å². The molecular weight excluding hydrogens is 240 g/mol. The fourth-order valence-corrected chi connectivity index (χ4v) is 4.93. The predicted molar refractivity (Wildman–Crippen MR) is 81.2 cm³/mol.